The smallest absolute Gasteiger partial charge is 0.309 e. The summed E-state index contributed by atoms with van der Waals surface area (Å²) in [4.78, 5) is 21.4. The molecule has 0 saturated heterocycles. The molecule has 0 N–H and O–H groups in total. The van der Waals surface area contributed by atoms with Crippen molar-refractivity contribution in [3.63, 3.8) is 0 Å². The van der Waals surface area contributed by atoms with Gasteiger partial charge in [-0.15, -0.1) is 0 Å². The second-order valence-electron chi connectivity index (χ2n) is 3.97. The first-order valence-electron chi connectivity index (χ1n) is 5.54. The summed E-state index contributed by atoms with van der Waals surface area (Å²) in [6.07, 6.45) is 0. The van der Waals surface area contributed by atoms with Gasteiger partial charge in [0.25, 0.3) is 5.69 Å². The van der Waals surface area contributed by atoms with Crippen molar-refractivity contribution in [2.24, 2.45) is 5.92 Å². The maximum atomic E-state index is 13.1. The molecular weight excluding hydrogens is 273 g/mol. The minimum atomic E-state index is -0.543. The zero-order valence-electron chi connectivity index (χ0n) is 10.6. The summed E-state index contributed by atoms with van der Waals surface area (Å²) in [6, 6.07) is 3.35. The van der Waals surface area contributed by atoms with Crippen LogP contribution in [0.2, 0.25) is 0 Å². The Morgan fingerprint density at radius 3 is 2.84 bits per heavy atom. The first-order chi connectivity index (χ1) is 8.95. The van der Waals surface area contributed by atoms with Crippen LogP contribution in [0.15, 0.2) is 18.2 Å². The van der Waals surface area contributed by atoms with Crippen LogP contribution in [0.5, 0.6) is 0 Å². The van der Waals surface area contributed by atoms with Gasteiger partial charge in [-0.3, -0.25) is 14.9 Å². The van der Waals surface area contributed by atoms with Crippen LogP contribution >= 0.6 is 11.8 Å². The van der Waals surface area contributed by atoms with E-state index in [1.807, 2.05) is 0 Å². The van der Waals surface area contributed by atoms with Gasteiger partial charge < -0.3 is 4.74 Å². The van der Waals surface area contributed by atoms with E-state index in [1.54, 1.807) is 6.92 Å². The molecule has 1 rings (SSSR count). The van der Waals surface area contributed by atoms with Gasteiger partial charge in [0.15, 0.2) is 0 Å². The van der Waals surface area contributed by atoms with E-state index in [1.165, 1.54) is 18.9 Å². The molecule has 0 radical (unpaired) electrons. The second-order valence-corrected chi connectivity index (χ2v) is 5.00. The summed E-state index contributed by atoms with van der Waals surface area (Å²) < 4.78 is 17.6. The van der Waals surface area contributed by atoms with Crippen LogP contribution in [-0.2, 0) is 15.3 Å². The highest BCUT2D eigenvalue weighted by Crippen LogP contribution is 2.25. The predicted octanol–water partition coefficient (Wildman–Crippen LogP) is 2.78. The largest absolute Gasteiger partial charge is 0.469 e. The molecule has 1 unspecified atom stereocenters. The highest BCUT2D eigenvalue weighted by Gasteiger charge is 2.17. The van der Waals surface area contributed by atoms with Gasteiger partial charge in [-0.2, -0.15) is 11.8 Å². The van der Waals surface area contributed by atoms with Crippen molar-refractivity contribution in [2.45, 2.75) is 12.7 Å². The van der Waals surface area contributed by atoms with Gasteiger partial charge in [0.1, 0.15) is 5.82 Å². The molecule has 0 bridgehead atoms. The van der Waals surface area contributed by atoms with Crippen molar-refractivity contribution < 1.29 is 18.8 Å². The molecule has 19 heavy (non-hydrogen) atoms. The van der Waals surface area contributed by atoms with Crippen LogP contribution in [0.3, 0.4) is 0 Å². The Hall–Kier alpha value is -1.63. The van der Waals surface area contributed by atoms with Crippen molar-refractivity contribution >= 4 is 23.4 Å². The molecule has 0 aliphatic rings. The number of ether oxygens (including phenoxy) is 1. The van der Waals surface area contributed by atoms with Crippen molar-refractivity contribution in [1.29, 1.82) is 0 Å². The lowest BCUT2D eigenvalue weighted by atomic mass is 10.2. The molecule has 0 fully saturated rings. The maximum Gasteiger partial charge on any atom is 0.309 e. The molecule has 5 nitrogen and oxygen atoms in total. The molecule has 0 saturated carbocycles. The number of nitro groups is 1. The molecule has 1 aromatic rings. The summed E-state index contributed by atoms with van der Waals surface area (Å²) in [6.45, 7) is 1.71. The number of esters is 1. The maximum absolute atomic E-state index is 13.1. The molecular formula is C12H14FNO4S. The summed E-state index contributed by atoms with van der Waals surface area (Å²) >= 11 is 1.33. The van der Waals surface area contributed by atoms with Crippen LogP contribution in [0.25, 0.3) is 0 Å². The quantitative estimate of drug-likeness (QED) is 0.457. The zero-order chi connectivity index (χ0) is 14.4. The molecule has 1 atom stereocenters. The van der Waals surface area contributed by atoms with E-state index >= 15 is 0 Å². The summed E-state index contributed by atoms with van der Waals surface area (Å²) in [5, 5.41) is 10.8. The van der Waals surface area contributed by atoms with Crippen LogP contribution in [0.4, 0.5) is 10.1 Å². The van der Waals surface area contributed by atoms with Crippen LogP contribution in [-0.4, -0.2) is 23.8 Å². The van der Waals surface area contributed by atoms with Crippen molar-refractivity contribution in [3.8, 4) is 0 Å². The molecule has 0 aliphatic carbocycles. The van der Waals surface area contributed by atoms with Gasteiger partial charge in [-0.05, 0) is 12.1 Å². The Balaban J connectivity index is 2.65. The number of hydrogen-bond donors (Lipinski definition) is 0. The lowest BCUT2D eigenvalue weighted by Gasteiger charge is -2.08. The Kier molecular flexibility index (Phi) is 5.75. The van der Waals surface area contributed by atoms with E-state index in [9.17, 15) is 19.3 Å². The fraction of sp³-hybridized carbons (Fsp3) is 0.417. The minimum Gasteiger partial charge on any atom is -0.469 e. The average molecular weight is 287 g/mol. The fourth-order valence-electron chi connectivity index (χ4n) is 1.46. The van der Waals surface area contributed by atoms with E-state index in [0.717, 1.165) is 18.2 Å². The monoisotopic (exact) mass is 287 g/mol. The van der Waals surface area contributed by atoms with Crippen LogP contribution in [0, 0.1) is 21.8 Å². The van der Waals surface area contributed by atoms with Gasteiger partial charge in [0.2, 0.25) is 0 Å². The highest BCUT2D eigenvalue weighted by atomic mass is 32.2. The Labute approximate surface area is 114 Å². The van der Waals surface area contributed by atoms with Crippen LogP contribution < -0.4 is 0 Å². The lowest BCUT2D eigenvalue weighted by molar-refractivity contribution is -0.385. The second kappa shape index (κ2) is 7.08. The first kappa shape index (κ1) is 15.4. The van der Waals surface area contributed by atoms with E-state index in [0.29, 0.717) is 11.3 Å². The molecule has 0 amide bonds. The Bertz CT molecular complexity index is 481. The number of carbonyl (C=O) groups is 1. The third-order valence-electron chi connectivity index (χ3n) is 2.47. The first-order valence-corrected chi connectivity index (χ1v) is 6.69. The molecule has 1 aromatic carbocycles. The van der Waals surface area contributed by atoms with E-state index < -0.39 is 10.7 Å². The molecule has 7 heteroatoms. The number of halogens is 1. The van der Waals surface area contributed by atoms with Gasteiger partial charge in [0, 0.05) is 23.1 Å². The van der Waals surface area contributed by atoms with E-state index in [-0.39, 0.29) is 23.3 Å². The molecule has 0 heterocycles. The number of methoxy groups -OCH3 is 1. The number of hydrogen-bond acceptors (Lipinski definition) is 5. The minimum absolute atomic E-state index is 0.111. The highest BCUT2D eigenvalue weighted by molar-refractivity contribution is 7.98. The van der Waals surface area contributed by atoms with Gasteiger partial charge in [-0.25, -0.2) is 4.39 Å². The molecule has 0 spiro atoms. The van der Waals surface area contributed by atoms with Crippen molar-refractivity contribution in [1.82, 2.24) is 0 Å². The predicted molar refractivity (Wildman–Crippen MR) is 70.4 cm³/mol. The Morgan fingerprint density at radius 1 is 1.58 bits per heavy atom. The van der Waals surface area contributed by atoms with E-state index in [2.05, 4.69) is 4.74 Å². The summed E-state index contributed by atoms with van der Waals surface area (Å²) in [5.74, 6) is -0.415. The number of benzene rings is 1. The third-order valence-corrected chi connectivity index (χ3v) is 3.72. The molecule has 0 aliphatic heterocycles. The SMILES string of the molecule is COC(=O)C(C)CSCc1cc(F)ccc1[N+](=O)[O-]. The fourth-order valence-corrected chi connectivity index (χ4v) is 2.52. The normalized spacial score (nSPS) is 11.9. The van der Waals surface area contributed by atoms with Crippen LogP contribution in [0.1, 0.15) is 12.5 Å². The van der Waals surface area contributed by atoms with E-state index in [4.69, 9.17) is 0 Å². The zero-order valence-corrected chi connectivity index (χ0v) is 11.4. The molecule has 0 aromatic heterocycles. The third kappa shape index (κ3) is 4.51. The number of nitrogens with zero attached hydrogens (tertiary/aromatic N) is 1. The number of rotatable bonds is 6. The number of nitro benzene ring substituents is 1. The number of carbonyl (C=O) groups excluding carboxylic acids is 1. The van der Waals surface area contributed by atoms with Gasteiger partial charge in [0.05, 0.1) is 18.0 Å². The lowest BCUT2D eigenvalue weighted by Crippen LogP contribution is -2.14. The summed E-state index contributed by atoms with van der Waals surface area (Å²) in [7, 11) is 1.31. The molecule has 104 valence electrons. The topological polar surface area (TPSA) is 69.4 Å². The Morgan fingerprint density at radius 2 is 2.26 bits per heavy atom. The number of thioether (sulfide) groups is 1. The van der Waals surface area contributed by atoms with Gasteiger partial charge >= 0.3 is 5.97 Å². The van der Waals surface area contributed by atoms with Crippen molar-refractivity contribution in [2.75, 3.05) is 12.9 Å². The standard InChI is InChI=1S/C12H14FNO4S/c1-8(12(15)18-2)6-19-7-9-5-10(13)3-4-11(9)14(16)17/h3-5,8H,6-7H2,1-2H3. The van der Waals surface area contributed by atoms with Crippen molar-refractivity contribution in [3.05, 3.63) is 39.7 Å². The van der Waals surface area contributed by atoms with Gasteiger partial charge in [-0.1, -0.05) is 6.92 Å². The summed E-state index contributed by atoms with van der Waals surface area (Å²) in [5.41, 5.74) is 0.201. The average Bonchev–Trinajstić information content (AvgIpc) is 2.37.